The van der Waals surface area contributed by atoms with Gasteiger partial charge in [-0.1, -0.05) is 23.2 Å². The zero-order valence-electron chi connectivity index (χ0n) is 16.5. The van der Waals surface area contributed by atoms with E-state index in [1.54, 1.807) is 6.07 Å². The third kappa shape index (κ3) is 7.43. The van der Waals surface area contributed by atoms with Gasteiger partial charge in [-0.15, -0.1) is 0 Å². The van der Waals surface area contributed by atoms with E-state index in [0.717, 1.165) is 0 Å². The van der Waals surface area contributed by atoms with Gasteiger partial charge in [0.1, 0.15) is 17.2 Å². The molecule has 0 bridgehead atoms. The van der Waals surface area contributed by atoms with E-state index in [1.165, 1.54) is 44.4 Å². The standard InChI is InChI=1S/C19H18Cl2N4O6/c1-11(23-24-19(27)10-31-17-6-3-12(20)8-14(17)21)7-18(26)22-15-5-4-13(30-2)9-16(15)25(28)29/h3-6,8-9H,7,10H2,1-2H3,(H,22,26)(H,24,27). The number of nitro benzene ring substituents is 1. The summed E-state index contributed by atoms with van der Waals surface area (Å²) in [7, 11) is 1.38. The first-order chi connectivity index (χ1) is 14.7. The van der Waals surface area contributed by atoms with Crippen molar-refractivity contribution in [3.05, 3.63) is 56.6 Å². The van der Waals surface area contributed by atoms with E-state index in [0.29, 0.717) is 5.02 Å². The lowest BCUT2D eigenvalue weighted by Crippen LogP contribution is -2.26. The summed E-state index contributed by atoms with van der Waals surface area (Å²) in [6.07, 6.45) is -0.201. The molecule has 0 fully saturated rings. The molecule has 31 heavy (non-hydrogen) atoms. The summed E-state index contributed by atoms with van der Waals surface area (Å²) in [6.45, 7) is 1.15. The SMILES string of the molecule is COc1ccc(NC(=O)CC(C)=NNC(=O)COc2ccc(Cl)cc2Cl)c([N+](=O)[O-])c1. The number of rotatable bonds is 9. The van der Waals surface area contributed by atoms with Crippen molar-refractivity contribution in [3.8, 4) is 11.5 Å². The average molecular weight is 469 g/mol. The molecule has 2 N–H and O–H groups in total. The highest BCUT2D eigenvalue weighted by Gasteiger charge is 2.17. The number of nitrogens with one attached hydrogen (secondary N) is 2. The van der Waals surface area contributed by atoms with Crippen LogP contribution in [0.1, 0.15) is 13.3 Å². The summed E-state index contributed by atoms with van der Waals surface area (Å²) in [5, 5.41) is 18.1. The van der Waals surface area contributed by atoms with Gasteiger partial charge in [0.2, 0.25) is 5.91 Å². The van der Waals surface area contributed by atoms with Crippen molar-refractivity contribution in [1.29, 1.82) is 0 Å². The van der Waals surface area contributed by atoms with Crippen LogP contribution in [0.25, 0.3) is 0 Å². The Morgan fingerprint density at radius 2 is 1.90 bits per heavy atom. The van der Waals surface area contributed by atoms with Gasteiger partial charge < -0.3 is 14.8 Å². The van der Waals surface area contributed by atoms with Gasteiger partial charge >= 0.3 is 0 Å². The maximum atomic E-state index is 12.2. The number of nitrogens with zero attached hydrogens (tertiary/aromatic N) is 2. The monoisotopic (exact) mass is 468 g/mol. The minimum Gasteiger partial charge on any atom is -0.496 e. The molecule has 0 aliphatic rings. The van der Waals surface area contributed by atoms with Crippen molar-refractivity contribution in [3.63, 3.8) is 0 Å². The van der Waals surface area contributed by atoms with E-state index in [1.807, 2.05) is 0 Å². The Labute approximate surface area is 187 Å². The van der Waals surface area contributed by atoms with E-state index in [4.69, 9.17) is 32.7 Å². The van der Waals surface area contributed by atoms with Crippen LogP contribution in [-0.4, -0.2) is 36.2 Å². The number of anilines is 1. The van der Waals surface area contributed by atoms with Gasteiger partial charge in [0, 0.05) is 10.7 Å². The van der Waals surface area contributed by atoms with Crippen LogP contribution in [0.3, 0.4) is 0 Å². The highest BCUT2D eigenvalue weighted by molar-refractivity contribution is 6.35. The minimum absolute atomic E-state index is 0.0147. The molecule has 2 rings (SSSR count). The number of benzene rings is 2. The third-order valence-corrected chi connectivity index (χ3v) is 4.25. The van der Waals surface area contributed by atoms with Crippen LogP contribution in [0.15, 0.2) is 41.5 Å². The summed E-state index contributed by atoms with van der Waals surface area (Å²) < 4.78 is 10.2. The fraction of sp³-hybridized carbons (Fsp3) is 0.211. The Balaban J connectivity index is 1.88. The average Bonchev–Trinajstić information content (AvgIpc) is 2.71. The second-order valence-corrected chi connectivity index (χ2v) is 6.95. The third-order valence-electron chi connectivity index (χ3n) is 3.72. The van der Waals surface area contributed by atoms with Gasteiger partial charge in [-0.3, -0.25) is 19.7 Å². The van der Waals surface area contributed by atoms with E-state index < -0.39 is 16.7 Å². The van der Waals surface area contributed by atoms with Crippen LogP contribution >= 0.6 is 23.2 Å². The number of carbonyl (C=O) groups excluding carboxylic acids is 2. The first-order valence-electron chi connectivity index (χ1n) is 8.71. The maximum Gasteiger partial charge on any atom is 0.296 e. The minimum atomic E-state index is -0.633. The van der Waals surface area contributed by atoms with Crippen LogP contribution in [0.2, 0.25) is 10.0 Å². The molecule has 0 unspecified atom stereocenters. The van der Waals surface area contributed by atoms with Gasteiger partial charge in [-0.05, 0) is 37.3 Å². The number of nitro groups is 1. The van der Waals surface area contributed by atoms with Crippen LogP contribution < -0.4 is 20.2 Å². The molecule has 0 aliphatic carbocycles. The van der Waals surface area contributed by atoms with Gasteiger partial charge in [-0.2, -0.15) is 5.10 Å². The summed E-state index contributed by atoms with van der Waals surface area (Å²) in [5.41, 5.74) is 2.22. The Morgan fingerprint density at radius 3 is 2.55 bits per heavy atom. The summed E-state index contributed by atoms with van der Waals surface area (Å²) in [4.78, 5) is 34.6. The normalized spacial score (nSPS) is 10.9. The molecule has 0 aromatic heterocycles. The second-order valence-electron chi connectivity index (χ2n) is 6.11. The summed E-state index contributed by atoms with van der Waals surface area (Å²) >= 11 is 11.7. The van der Waals surface area contributed by atoms with Crippen molar-refractivity contribution in [2.75, 3.05) is 19.0 Å². The Hall–Kier alpha value is -3.37. The van der Waals surface area contributed by atoms with Crippen LogP contribution in [0, 0.1) is 10.1 Å². The van der Waals surface area contributed by atoms with Crippen LogP contribution in [0.5, 0.6) is 11.5 Å². The van der Waals surface area contributed by atoms with Crippen molar-refractivity contribution in [2.45, 2.75) is 13.3 Å². The van der Waals surface area contributed by atoms with Gasteiger partial charge in [0.05, 0.1) is 29.5 Å². The topological polar surface area (TPSA) is 132 Å². The van der Waals surface area contributed by atoms with Crippen LogP contribution in [-0.2, 0) is 9.59 Å². The predicted octanol–water partition coefficient (Wildman–Crippen LogP) is 3.81. The Morgan fingerprint density at radius 1 is 1.16 bits per heavy atom. The number of carbonyl (C=O) groups is 2. The molecule has 2 amide bonds. The van der Waals surface area contributed by atoms with Crippen molar-refractivity contribution in [1.82, 2.24) is 5.43 Å². The first kappa shape index (κ1) is 23.9. The zero-order valence-corrected chi connectivity index (χ0v) is 18.0. The molecule has 0 aliphatic heterocycles. The van der Waals surface area contributed by atoms with Crippen LogP contribution in [0.4, 0.5) is 11.4 Å². The van der Waals surface area contributed by atoms with Gasteiger partial charge in [0.15, 0.2) is 6.61 Å². The molecule has 0 saturated heterocycles. The lowest BCUT2D eigenvalue weighted by Gasteiger charge is -2.08. The van der Waals surface area contributed by atoms with Gasteiger partial charge in [-0.25, -0.2) is 5.43 Å². The quantitative estimate of drug-likeness (QED) is 0.326. The molecule has 164 valence electrons. The fourth-order valence-corrected chi connectivity index (χ4v) is 2.75. The van der Waals surface area contributed by atoms with Gasteiger partial charge in [0.25, 0.3) is 11.6 Å². The van der Waals surface area contributed by atoms with Crippen molar-refractivity contribution in [2.24, 2.45) is 5.10 Å². The van der Waals surface area contributed by atoms with E-state index in [2.05, 4.69) is 15.8 Å². The number of halogens is 2. The maximum absolute atomic E-state index is 12.2. The molecule has 0 heterocycles. The predicted molar refractivity (Wildman–Crippen MR) is 116 cm³/mol. The zero-order chi connectivity index (χ0) is 23.0. The molecule has 2 aromatic carbocycles. The molecular weight excluding hydrogens is 451 g/mol. The largest absolute Gasteiger partial charge is 0.496 e. The van der Waals surface area contributed by atoms with E-state index in [9.17, 15) is 19.7 Å². The lowest BCUT2D eigenvalue weighted by molar-refractivity contribution is -0.384. The molecule has 2 aromatic rings. The molecule has 12 heteroatoms. The highest BCUT2D eigenvalue weighted by Crippen LogP contribution is 2.29. The lowest BCUT2D eigenvalue weighted by atomic mass is 10.2. The van der Waals surface area contributed by atoms with Crippen molar-refractivity contribution < 1.29 is 24.0 Å². The molecular formula is C19H18Cl2N4O6. The molecule has 0 spiro atoms. The number of hydrogen-bond donors (Lipinski definition) is 2. The smallest absolute Gasteiger partial charge is 0.296 e. The number of ether oxygens (including phenoxy) is 2. The molecule has 0 saturated carbocycles. The number of amides is 2. The Bertz CT molecular complexity index is 1030. The fourth-order valence-electron chi connectivity index (χ4n) is 2.29. The highest BCUT2D eigenvalue weighted by atomic mass is 35.5. The second kappa shape index (κ2) is 11.1. The Kier molecular flexibility index (Phi) is 8.59. The summed E-state index contributed by atoms with van der Waals surface area (Å²) in [6, 6.07) is 8.61. The molecule has 0 atom stereocenters. The summed E-state index contributed by atoms with van der Waals surface area (Å²) in [5.74, 6) is -0.556. The van der Waals surface area contributed by atoms with Crippen molar-refractivity contribution >= 4 is 52.1 Å². The van der Waals surface area contributed by atoms with E-state index >= 15 is 0 Å². The molecule has 0 radical (unpaired) electrons. The number of hydrogen-bond acceptors (Lipinski definition) is 7. The number of methoxy groups -OCH3 is 1. The number of hydrazone groups is 1. The van der Waals surface area contributed by atoms with E-state index in [-0.39, 0.29) is 46.6 Å². The molecule has 10 nitrogen and oxygen atoms in total. The first-order valence-corrected chi connectivity index (χ1v) is 9.47.